The van der Waals surface area contributed by atoms with E-state index < -0.39 is 0 Å². The van der Waals surface area contributed by atoms with E-state index in [9.17, 15) is 4.79 Å². The van der Waals surface area contributed by atoms with Gasteiger partial charge in [-0.05, 0) is 32.6 Å². The summed E-state index contributed by atoms with van der Waals surface area (Å²) < 4.78 is 9.93. The van der Waals surface area contributed by atoms with Crippen molar-refractivity contribution in [2.24, 2.45) is 5.92 Å². The molecule has 0 spiro atoms. The summed E-state index contributed by atoms with van der Waals surface area (Å²) in [6, 6.07) is 2.12. The summed E-state index contributed by atoms with van der Waals surface area (Å²) >= 11 is 0. The summed E-state index contributed by atoms with van der Waals surface area (Å²) in [5, 5.41) is 3.39. The van der Waals surface area contributed by atoms with Gasteiger partial charge in [-0.25, -0.2) is 4.98 Å². The highest BCUT2D eigenvalue weighted by Crippen LogP contribution is 2.27. The quantitative estimate of drug-likeness (QED) is 0.849. The first-order valence-corrected chi connectivity index (χ1v) is 6.86. The largest absolute Gasteiger partial charge is 0.481 e. The van der Waals surface area contributed by atoms with Crippen molar-refractivity contribution in [1.82, 2.24) is 9.97 Å². The van der Waals surface area contributed by atoms with E-state index >= 15 is 0 Å². The number of carbonyl (C=O) groups excluding carboxylic acids is 1. The van der Waals surface area contributed by atoms with E-state index in [0.717, 1.165) is 31.5 Å². The fourth-order valence-corrected chi connectivity index (χ4v) is 2.57. The normalized spacial score (nSPS) is 22.1. The highest BCUT2D eigenvalue weighted by atomic mass is 16.5. The molecule has 0 bridgehead atoms. The van der Waals surface area contributed by atoms with Crippen LogP contribution in [0.2, 0.25) is 0 Å². The molecule has 1 heterocycles. The molecule has 2 rings (SSSR count). The minimum Gasteiger partial charge on any atom is -0.481 e. The van der Waals surface area contributed by atoms with Gasteiger partial charge in [0.15, 0.2) is 0 Å². The Bertz CT molecular complexity index is 471. The molecule has 20 heavy (non-hydrogen) atoms. The van der Waals surface area contributed by atoms with Gasteiger partial charge in [-0.15, -0.1) is 0 Å². The SMILES string of the molecule is COC(=O)C1CCC(Nc2cc(OC)nc(C)n2)CC1. The predicted molar refractivity (Wildman–Crippen MR) is 74.7 cm³/mol. The predicted octanol–water partition coefficient (Wildman–Crippen LogP) is 1.94. The lowest BCUT2D eigenvalue weighted by Gasteiger charge is -2.28. The average molecular weight is 279 g/mol. The molecular weight excluding hydrogens is 258 g/mol. The Balaban J connectivity index is 1.92. The van der Waals surface area contributed by atoms with Gasteiger partial charge in [0, 0.05) is 12.1 Å². The fraction of sp³-hybridized carbons (Fsp3) is 0.643. The van der Waals surface area contributed by atoms with Crippen LogP contribution in [0.3, 0.4) is 0 Å². The van der Waals surface area contributed by atoms with Crippen molar-refractivity contribution in [2.45, 2.75) is 38.6 Å². The van der Waals surface area contributed by atoms with Crippen LogP contribution < -0.4 is 10.1 Å². The number of ether oxygens (including phenoxy) is 2. The van der Waals surface area contributed by atoms with Crippen molar-refractivity contribution in [3.05, 3.63) is 11.9 Å². The maximum atomic E-state index is 11.5. The third kappa shape index (κ3) is 3.59. The Labute approximate surface area is 118 Å². The second-order valence-corrected chi connectivity index (χ2v) is 5.06. The number of rotatable bonds is 4. The van der Waals surface area contributed by atoms with Crippen LogP contribution in [0.1, 0.15) is 31.5 Å². The van der Waals surface area contributed by atoms with E-state index in [1.54, 1.807) is 13.2 Å². The zero-order valence-corrected chi connectivity index (χ0v) is 12.2. The van der Waals surface area contributed by atoms with Gasteiger partial charge in [0.05, 0.1) is 20.1 Å². The van der Waals surface area contributed by atoms with Gasteiger partial charge in [0.2, 0.25) is 5.88 Å². The second kappa shape index (κ2) is 6.54. The molecule has 1 aliphatic carbocycles. The maximum absolute atomic E-state index is 11.5. The Morgan fingerprint density at radius 1 is 1.25 bits per heavy atom. The van der Waals surface area contributed by atoms with Gasteiger partial charge in [-0.3, -0.25) is 4.79 Å². The molecular formula is C14H21N3O3. The lowest BCUT2D eigenvalue weighted by Crippen LogP contribution is -2.30. The van der Waals surface area contributed by atoms with E-state index in [1.165, 1.54) is 7.11 Å². The molecule has 0 amide bonds. The minimum absolute atomic E-state index is 0.0414. The molecule has 0 aromatic carbocycles. The summed E-state index contributed by atoms with van der Waals surface area (Å²) in [5.41, 5.74) is 0. The van der Waals surface area contributed by atoms with Crippen LogP contribution in [-0.4, -0.2) is 36.2 Å². The van der Waals surface area contributed by atoms with Gasteiger partial charge in [-0.2, -0.15) is 4.98 Å². The molecule has 0 radical (unpaired) electrons. The van der Waals surface area contributed by atoms with E-state index in [4.69, 9.17) is 9.47 Å². The molecule has 1 aromatic rings. The molecule has 110 valence electrons. The van der Waals surface area contributed by atoms with Crippen LogP contribution in [0.5, 0.6) is 5.88 Å². The van der Waals surface area contributed by atoms with Crippen molar-refractivity contribution in [1.29, 1.82) is 0 Å². The van der Waals surface area contributed by atoms with Gasteiger partial charge in [0.25, 0.3) is 0 Å². The van der Waals surface area contributed by atoms with E-state index in [2.05, 4.69) is 15.3 Å². The van der Waals surface area contributed by atoms with Crippen molar-refractivity contribution in [3.8, 4) is 5.88 Å². The van der Waals surface area contributed by atoms with Crippen molar-refractivity contribution in [3.63, 3.8) is 0 Å². The summed E-state index contributed by atoms with van der Waals surface area (Å²) in [4.78, 5) is 20.0. The number of aromatic nitrogens is 2. The third-order valence-corrected chi connectivity index (χ3v) is 3.64. The molecule has 0 saturated heterocycles. The first kappa shape index (κ1) is 14.6. The molecule has 1 fully saturated rings. The summed E-state index contributed by atoms with van der Waals surface area (Å²) in [6.45, 7) is 1.84. The molecule has 1 saturated carbocycles. The van der Waals surface area contributed by atoms with Crippen LogP contribution in [-0.2, 0) is 9.53 Å². The number of aryl methyl sites for hydroxylation is 1. The van der Waals surface area contributed by atoms with Gasteiger partial charge in [0.1, 0.15) is 11.6 Å². The molecule has 1 aliphatic rings. The maximum Gasteiger partial charge on any atom is 0.308 e. The number of nitrogens with zero attached hydrogens (tertiary/aromatic N) is 2. The number of carbonyl (C=O) groups is 1. The van der Waals surface area contributed by atoms with Gasteiger partial charge >= 0.3 is 5.97 Å². The smallest absolute Gasteiger partial charge is 0.308 e. The Morgan fingerprint density at radius 3 is 2.55 bits per heavy atom. The van der Waals surface area contributed by atoms with Crippen LogP contribution in [0.15, 0.2) is 6.07 Å². The van der Waals surface area contributed by atoms with Crippen molar-refractivity contribution in [2.75, 3.05) is 19.5 Å². The zero-order valence-electron chi connectivity index (χ0n) is 12.2. The summed E-state index contributed by atoms with van der Waals surface area (Å²) in [6.07, 6.45) is 3.58. The number of hydrogen-bond donors (Lipinski definition) is 1. The van der Waals surface area contributed by atoms with Crippen LogP contribution >= 0.6 is 0 Å². The third-order valence-electron chi connectivity index (χ3n) is 3.64. The van der Waals surface area contributed by atoms with Crippen molar-refractivity contribution < 1.29 is 14.3 Å². The topological polar surface area (TPSA) is 73.3 Å². The standard InChI is InChI=1S/C14H21N3O3/c1-9-15-12(8-13(16-9)19-2)17-11-6-4-10(5-7-11)14(18)20-3/h8,10-11H,4-7H2,1-3H3,(H,15,16,17). The van der Waals surface area contributed by atoms with Crippen LogP contribution in [0.4, 0.5) is 5.82 Å². The van der Waals surface area contributed by atoms with E-state index in [-0.39, 0.29) is 11.9 Å². The highest BCUT2D eigenvalue weighted by Gasteiger charge is 2.27. The first-order chi connectivity index (χ1) is 9.62. The Hall–Kier alpha value is -1.85. The van der Waals surface area contributed by atoms with Crippen LogP contribution in [0.25, 0.3) is 0 Å². The number of esters is 1. The number of nitrogens with one attached hydrogen (secondary N) is 1. The van der Waals surface area contributed by atoms with Crippen molar-refractivity contribution >= 4 is 11.8 Å². The minimum atomic E-state index is -0.0944. The Kier molecular flexibility index (Phi) is 4.76. The number of hydrogen-bond acceptors (Lipinski definition) is 6. The lowest BCUT2D eigenvalue weighted by atomic mass is 9.86. The van der Waals surface area contributed by atoms with Gasteiger partial charge < -0.3 is 14.8 Å². The zero-order chi connectivity index (χ0) is 14.5. The summed E-state index contributed by atoms with van der Waals surface area (Å²) in [5.74, 6) is 1.96. The number of methoxy groups -OCH3 is 2. The molecule has 6 heteroatoms. The highest BCUT2D eigenvalue weighted by molar-refractivity contribution is 5.72. The second-order valence-electron chi connectivity index (χ2n) is 5.06. The lowest BCUT2D eigenvalue weighted by molar-refractivity contribution is -0.146. The monoisotopic (exact) mass is 279 g/mol. The Morgan fingerprint density at radius 2 is 1.95 bits per heavy atom. The molecule has 0 atom stereocenters. The molecule has 1 aromatic heterocycles. The number of anilines is 1. The first-order valence-electron chi connectivity index (χ1n) is 6.86. The fourth-order valence-electron chi connectivity index (χ4n) is 2.57. The summed E-state index contributed by atoms with van der Waals surface area (Å²) in [7, 11) is 3.04. The molecule has 1 N–H and O–H groups in total. The molecule has 6 nitrogen and oxygen atoms in total. The molecule has 0 aliphatic heterocycles. The van der Waals surface area contributed by atoms with E-state index in [1.807, 2.05) is 6.92 Å². The van der Waals surface area contributed by atoms with Crippen LogP contribution in [0, 0.1) is 12.8 Å². The molecule has 0 unspecified atom stereocenters. The average Bonchev–Trinajstić information content (AvgIpc) is 2.46. The van der Waals surface area contributed by atoms with Gasteiger partial charge in [-0.1, -0.05) is 0 Å². The van der Waals surface area contributed by atoms with E-state index in [0.29, 0.717) is 17.7 Å².